The summed E-state index contributed by atoms with van der Waals surface area (Å²) in [6.45, 7) is 8.35. The molecule has 0 aromatic carbocycles. The van der Waals surface area contributed by atoms with E-state index in [-0.39, 0.29) is 18.5 Å². The maximum absolute atomic E-state index is 12.5. The van der Waals surface area contributed by atoms with Gasteiger partial charge >= 0.3 is 12.1 Å². The van der Waals surface area contributed by atoms with Crippen molar-refractivity contribution >= 4 is 34.4 Å². The highest BCUT2D eigenvalue weighted by molar-refractivity contribution is 7.13. The number of amides is 2. The molecule has 1 saturated heterocycles. The summed E-state index contributed by atoms with van der Waals surface area (Å²) < 4.78 is 10.7. The van der Waals surface area contributed by atoms with Crippen molar-refractivity contribution in [3.05, 3.63) is 11.1 Å². The largest absolute Gasteiger partial charge is 0.461 e. The van der Waals surface area contributed by atoms with Crippen LogP contribution in [0.4, 0.5) is 9.93 Å². The van der Waals surface area contributed by atoms with Crippen LogP contribution < -0.4 is 5.32 Å². The number of nitrogens with zero attached hydrogens (tertiary/aromatic N) is 2. The van der Waals surface area contributed by atoms with Crippen molar-refractivity contribution in [1.29, 1.82) is 0 Å². The molecule has 1 aliphatic rings. The SMILES string of the molecule is CC(=O)Nc1nc([C@@H]2C[C@@H](OC(C)=O)CN2C(=O)OC(C)(C)C)cs1. The number of esters is 1. The third-order valence-corrected chi connectivity index (χ3v) is 4.15. The van der Waals surface area contributed by atoms with Crippen LogP contribution in [0.5, 0.6) is 0 Å². The number of hydrogen-bond donors (Lipinski definition) is 1. The predicted octanol–water partition coefficient (Wildman–Crippen LogP) is 2.72. The van der Waals surface area contributed by atoms with Gasteiger partial charge in [-0.25, -0.2) is 9.78 Å². The van der Waals surface area contributed by atoms with Crippen LogP contribution in [0.25, 0.3) is 0 Å². The fourth-order valence-corrected chi connectivity index (χ4v) is 3.37. The molecule has 8 nitrogen and oxygen atoms in total. The summed E-state index contributed by atoms with van der Waals surface area (Å²) in [5, 5.41) is 4.86. The highest BCUT2D eigenvalue weighted by atomic mass is 32.1. The number of likely N-dealkylation sites (tertiary alicyclic amines) is 1. The molecule has 0 saturated carbocycles. The van der Waals surface area contributed by atoms with Gasteiger partial charge in [-0.2, -0.15) is 0 Å². The third-order valence-electron chi connectivity index (χ3n) is 3.37. The van der Waals surface area contributed by atoms with Crippen LogP contribution in [-0.2, 0) is 19.1 Å². The van der Waals surface area contributed by atoms with Crippen molar-refractivity contribution < 1.29 is 23.9 Å². The van der Waals surface area contributed by atoms with Crippen LogP contribution in [0.3, 0.4) is 0 Å². The van der Waals surface area contributed by atoms with Gasteiger partial charge in [0, 0.05) is 25.6 Å². The van der Waals surface area contributed by atoms with Crippen LogP contribution in [0.2, 0.25) is 0 Å². The van der Waals surface area contributed by atoms with E-state index in [1.165, 1.54) is 30.1 Å². The summed E-state index contributed by atoms with van der Waals surface area (Å²) in [6, 6.07) is -0.377. The Morgan fingerprint density at radius 1 is 1.32 bits per heavy atom. The molecule has 1 aliphatic heterocycles. The van der Waals surface area contributed by atoms with Gasteiger partial charge in [-0.05, 0) is 20.8 Å². The van der Waals surface area contributed by atoms with Crippen molar-refractivity contribution in [3.63, 3.8) is 0 Å². The monoisotopic (exact) mass is 369 g/mol. The van der Waals surface area contributed by atoms with Crippen molar-refractivity contribution in [2.24, 2.45) is 0 Å². The second-order valence-corrected chi connectivity index (χ2v) is 7.73. The van der Waals surface area contributed by atoms with Gasteiger partial charge in [0.1, 0.15) is 11.7 Å². The van der Waals surface area contributed by atoms with Gasteiger partial charge in [-0.3, -0.25) is 14.5 Å². The molecule has 1 aromatic rings. The van der Waals surface area contributed by atoms with E-state index in [0.717, 1.165) is 0 Å². The molecule has 2 rings (SSSR count). The van der Waals surface area contributed by atoms with Gasteiger partial charge in [-0.1, -0.05) is 0 Å². The lowest BCUT2D eigenvalue weighted by atomic mass is 10.1. The molecule has 1 N–H and O–H groups in total. The minimum Gasteiger partial charge on any atom is -0.461 e. The first-order chi connectivity index (χ1) is 11.5. The molecular weight excluding hydrogens is 346 g/mol. The predicted molar refractivity (Wildman–Crippen MR) is 92.3 cm³/mol. The van der Waals surface area contributed by atoms with E-state index in [1.54, 1.807) is 26.2 Å². The lowest BCUT2D eigenvalue weighted by Gasteiger charge is -2.27. The smallest absolute Gasteiger partial charge is 0.410 e. The van der Waals surface area contributed by atoms with Crippen LogP contribution in [0.1, 0.15) is 52.8 Å². The van der Waals surface area contributed by atoms with E-state index in [1.807, 2.05) is 0 Å². The Morgan fingerprint density at radius 3 is 2.56 bits per heavy atom. The number of carbonyl (C=O) groups excluding carboxylic acids is 3. The van der Waals surface area contributed by atoms with Gasteiger partial charge in [0.15, 0.2) is 5.13 Å². The van der Waals surface area contributed by atoms with Crippen molar-refractivity contribution in [3.8, 4) is 0 Å². The second-order valence-electron chi connectivity index (χ2n) is 6.87. The van der Waals surface area contributed by atoms with Crippen LogP contribution in [0.15, 0.2) is 5.38 Å². The lowest BCUT2D eigenvalue weighted by Crippen LogP contribution is -2.37. The Balaban J connectivity index is 2.21. The fraction of sp³-hybridized carbons (Fsp3) is 0.625. The number of aromatic nitrogens is 1. The summed E-state index contributed by atoms with van der Waals surface area (Å²) in [6.07, 6.45) is -0.468. The minimum atomic E-state index is -0.634. The molecule has 25 heavy (non-hydrogen) atoms. The molecule has 1 fully saturated rings. The molecule has 0 unspecified atom stereocenters. The first kappa shape index (κ1) is 19.2. The standard InChI is InChI=1S/C16H23N3O5S/c1-9(20)17-14-18-12(8-25-14)13-6-11(23-10(2)21)7-19(13)15(22)24-16(3,4)5/h8,11,13H,6-7H2,1-5H3,(H,17,18,20)/t11-,13+/m1/s1. The molecule has 0 bridgehead atoms. The first-order valence-electron chi connectivity index (χ1n) is 7.95. The normalized spacial score (nSPS) is 20.3. The highest BCUT2D eigenvalue weighted by Crippen LogP contribution is 2.36. The number of ether oxygens (including phenoxy) is 2. The first-order valence-corrected chi connectivity index (χ1v) is 8.83. The van der Waals surface area contributed by atoms with Gasteiger partial charge in [0.2, 0.25) is 5.91 Å². The molecule has 9 heteroatoms. The van der Waals surface area contributed by atoms with Crippen molar-refractivity contribution in [2.45, 2.75) is 58.8 Å². The maximum Gasteiger partial charge on any atom is 0.410 e. The van der Waals surface area contributed by atoms with E-state index in [2.05, 4.69) is 10.3 Å². The average Bonchev–Trinajstić information content (AvgIpc) is 3.02. The van der Waals surface area contributed by atoms with E-state index < -0.39 is 23.8 Å². The number of anilines is 1. The van der Waals surface area contributed by atoms with Gasteiger partial charge in [0.25, 0.3) is 0 Å². The van der Waals surface area contributed by atoms with Crippen molar-refractivity contribution in [2.75, 3.05) is 11.9 Å². The zero-order chi connectivity index (χ0) is 18.8. The van der Waals surface area contributed by atoms with Gasteiger partial charge in [-0.15, -0.1) is 11.3 Å². The molecule has 0 spiro atoms. The number of hydrogen-bond acceptors (Lipinski definition) is 7. The van der Waals surface area contributed by atoms with Gasteiger partial charge < -0.3 is 14.8 Å². The Kier molecular flexibility index (Phi) is 5.66. The average molecular weight is 369 g/mol. The second kappa shape index (κ2) is 7.38. The zero-order valence-electron chi connectivity index (χ0n) is 15.0. The number of rotatable bonds is 3. The zero-order valence-corrected chi connectivity index (χ0v) is 15.8. The van der Waals surface area contributed by atoms with Crippen LogP contribution in [0, 0.1) is 0 Å². The van der Waals surface area contributed by atoms with Gasteiger partial charge in [0.05, 0.1) is 18.3 Å². The van der Waals surface area contributed by atoms with E-state index in [4.69, 9.17) is 9.47 Å². The molecule has 1 aromatic heterocycles. The Labute approximate surface area is 150 Å². The minimum absolute atomic E-state index is 0.214. The van der Waals surface area contributed by atoms with E-state index >= 15 is 0 Å². The molecular formula is C16H23N3O5S. The third kappa shape index (κ3) is 5.42. The number of thiazole rings is 1. The quantitative estimate of drug-likeness (QED) is 0.823. The summed E-state index contributed by atoms with van der Waals surface area (Å²) in [5.74, 6) is -0.610. The number of nitrogens with one attached hydrogen (secondary N) is 1. The molecule has 2 heterocycles. The molecule has 0 radical (unpaired) electrons. The summed E-state index contributed by atoms with van der Waals surface area (Å²) in [4.78, 5) is 40.8. The Hall–Kier alpha value is -2.16. The topological polar surface area (TPSA) is 97.8 Å². The Bertz CT molecular complexity index is 667. The summed E-state index contributed by atoms with van der Waals surface area (Å²) >= 11 is 1.28. The molecule has 0 aliphatic carbocycles. The van der Waals surface area contributed by atoms with Crippen LogP contribution >= 0.6 is 11.3 Å². The fourth-order valence-electron chi connectivity index (χ4n) is 2.57. The number of carbonyl (C=O) groups is 3. The lowest BCUT2D eigenvalue weighted by molar-refractivity contribution is -0.145. The molecule has 2 atom stereocenters. The highest BCUT2D eigenvalue weighted by Gasteiger charge is 2.41. The van der Waals surface area contributed by atoms with E-state index in [0.29, 0.717) is 17.2 Å². The Morgan fingerprint density at radius 2 is 2.00 bits per heavy atom. The van der Waals surface area contributed by atoms with Crippen molar-refractivity contribution in [1.82, 2.24) is 9.88 Å². The van der Waals surface area contributed by atoms with Crippen LogP contribution in [-0.4, -0.2) is 46.1 Å². The molecule has 2 amide bonds. The van der Waals surface area contributed by atoms with E-state index in [9.17, 15) is 14.4 Å². The molecule has 138 valence electrons. The maximum atomic E-state index is 12.5. The summed E-state index contributed by atoms with van der Waals surface area (Å²) in [7, 11) is 0. The summed E-state index contributed by atoms with van der Waals surface area (Å²) in [5.41, 5.74) is -0.000777.